The van der Waals surface area contributed by atoms with Gasteiger partial charge in [-0.2, -0.15) is 0 Å². The normalized spacial score (nSPS) is 24.0. The highest BCUT2D eigenvalue weighted by molar-refractivity contribution is 7.85. The molecule has 476 valence electrons. The van der Waals surface area contributed by atoms with E-state index in [1.165, 1.54) is 25.1 Å². The number of ketones is 1. The number of aliphatic hydroxyl groups excluding tert-OH is 2. The lowest BCUT2D eigenvalue weighted by atomic mass is 9.93. The number of ether oxygens (including phenoxy) is 1. The van der Waals surface area contributed by atoms with Crippen LogP contribution in [0.2, 0.25) is 0 Å². The van der Waals surface area contributed by atoms with Crippen LogP contribution in [0.4, 0.5) is 4.79 Å². The first kappa shape index (κ1) is 69.0. The number of carbonyl (C=O) groups excluding carboxylic acids is 12. The predicted molar refractivity (Wildman–Crippen MR) is 309 cm³/mol. The average molecular weight is 1230 g/mol. The number of benzene rings is 1. The highest BCUT2D eigenvalue weighted by Crippen LogP contribution is 2.31. The maximum absolute atomic E-state index is 15.0. The van der Waals surface area contributed by atoms with E-state index in [1.807, 2.05) is 0 Å². The van der Waals surface area contributed by atoms with E-state index in [4.69, 9.17) is 10.5 Å². The number of carbonyl (C=O) groups is 12. The molecule has 15 N–H and O–H groups in total. The zero-order valence-corrected chi connectivity index (χ0v) is 49.9. The Morgan fingerprint density at radius 2 is 1.42 bits per heavy atom. The van der Waals surface area contributed by atoms with Crippen molar-refractivity contribution in [1.29, 1.82) is 0 Å². The highest BCUT2D eigenvalue weighted by atomic mass is 32.2. The van der Waals surface area contributed by atoms with Crippen molar-refractivity contribution in [2.45, 2.75) is 165 Å². The minimum atomic E-state index is -2.40. The summed E-state index contributed by atoms with van der Waals surface area (Å²) in [6, 6.07) is -4.28. The molecule has 3 aliphatic rings. The van der Waals surface area contributed by atoms with Gasteiger partial charge in [-0.05, 0) is 49.3 Å². The molecule has 2 bridgehead atoms. The standard InChI is InChI=1S/C56H84N12O17S/c1-5-30(2)48-52(80)62-25-46(76)63-39-29-86(84)54-36(35-17-16-33(69)22-37(35)65-54)24-38(50(78)61-26-47(77)66-48)64-53(81)49(67-51(79)40-23-34(70)27-68(40)55(82)32(20-41(39)71)21-43(57)73)31(3)42(72)28-85-56(83)60-19-13-9-8-12-18-59-45(75)15-11-7-6-10-14-44(74)58-4/h16-17,22,30-32,34,38-40,42,48-49,65,69-70,72H,5-15,18-21,23-29H2,1-4H3,(H2,57,73)(H,58,74)(H,59,75)(H,60,83)(H,61,78)(H,62,80)(H,63,76)(H,64,81)(H,66,77)(H,67,79). The Kier molecular flexibility index (Phi) is 27.2. The van der Waals surface area contributed by atoms with Gasteiger partial charge in [0.1, 0.15) is 41.5 Å². The summed E-state index contributed by atoms with van der Waals surface area (Å²) in [5.41, 5.74) is 5.82. The van der Waals surface area contributed by atoms with Gasteiger partial charge in [-0.1, -0.05) is 52.9 Å². The summed E-state index contributed by atoms with van der Waals surface area (Å²) in [6.45, 7) is 2.54. The number of phenols is 1. The molecule has 5 rings (SSSR count). The van der Waals surface area contributed by atoms with E-state index in [9.17, 15) is 77.1 Å². The number of rotatable bonds is 22. The van der Waals surface area contributed by atoms with Crippen LogP contribution < -0.4 is 53.6 Å². The van der Waals surface area contributed by atoms with Crippen molar-refractivity contribution >= 4 is 92.7 Å². The molecule has 86 heavy (non-hydrogen) atoms. The van der Waals surface area contributed by atoms with Crippen molar-refractivity contribution < 1.29 is 81.8 Å². The molecule has 29 nitrogen and oxygen atoms in total. The number of phenolic OH excluding ortho intramolecular Hbond substituents is 1. The third kappa shape index (κ3) is 20.8. The molecule has 0 spiro atoms. The second-order valence-electron chi connectivity index (χ2n) is 22.1. The van der Waals surface area contributed by atoms with E-state index >= 15 is 0 Å². The topological polar surface area (TPSA) is 445 Å². The molecule has 3 aliphatic heterocycles. The number of unbranched alkanes of at least 4 members (excludes halogenated alkanes) is 6. The van der Waals surface area contributed by atoms with Crippen LogP contribution in [0.5, 0.6) is 5.75 Å². The Labute approximate surface area is 500 Å². The fourth-order valence-electron chi connectivity index (χ4n) is 10.3. The van der Waals surface area contributed by atoms with Crippen LogP contribution in [0.3, 0.4) is 0 Å². The molecule has 1 aromatic heterocycles. The van der Waals surface area contributed by atoms with Gasteiger partial charge in [-0.15, -0.1) is 0 Å². The third-order valence-electron chi connectivity index (χ3n) is 15.6. The number of nitrogens with one attached hydrogen (secondary N) is 10. The van der Waals surface area contributed by atoms with Crippen LogP contribution in [0.25, 0.3) is 10.9 Å². The maximum atomic E-state index is 15.0. The molecule has 11 amide bonds. The molecule has 4 heterocycles. The number of fused-ring (bicyclic) bond motifs is 5. The number of amides is 11. The first-order valence-corrected chi connectivity index (χ1v) is 30.5. The van der Waals surface area contributed by atoms with Crippen LogP contribution in [-0.2, 0) is 74.7 Å². The number of Topliss-reactive ketones (excluding diaryl/α,β-unsaturated/α-hetero) is 1. The van der Waals surface area contributed by atoms with Crippen molar-refractivity contribution in [2.24, 2.45) is 23.5 Å². The van der Waals surface area contributed by atoms with Crippen LogP contribution in [-0.4, -0.2) is 195 Å². The molecule has 30 heteroatoms. The van der Waals surface area contributed by atoms with Gasteiger partial charge in [0.2, 0.25) is 59.1 Å². The van der Waals surface area contributed by atoms with Gasteiger partial charge < -0.3 is 83.5 Å². The zero-order chi connectivity index (χ0) is 63.2. The largest absolute Gasteiger partial charge is 0.508 e. The van der Waals surface area contributed by atoms with E-state index in [1.54, 1.807) is 20.9 Å². The van der Waals surface area contributed by atoms with Crippen molar-refractivity contribution in [1.82, 2.24) is 57.7 Å². The summed E-state index contributed by atoms with van der Waals surface area (Å²) >= 11 is 0. The minimum Gasteiger partial charge on any atom is -0.508 e. The molecule has 2 aromatic rings. The van der Waals surface area contributed by atoms with Gasteiger partial charge >= 0.3 is 6.09 Å². The van der Waals surface area contributed by atoms with Crippen molar-refractivity contribution in [2.75, 3.05) is 52.1 Å². The fraction of sp³-hybridized carbons (Fsp3) is 0.643. The fourth-order valence-corrected chi connectivity index (χ4v) is 11.8. The molecule has 0 radical (unpaired) electrons. The first-order valence-electron chi connectivity index (χ1n) is 29.2. The molecule has 1 fully saturated rings. The molecule has 11 atom stereocenters. The lowest BCUT2D eigenvalue weighted by Gasteiger charge is -2.32. The van der Waals surface area contributed by atoms with E-state index in [0.717, 1.165) is 37.0 Å². The minimum absolute atomic E-state index is 0.0104. The zero-order valence-electron chi connectivity index (χ0n) is 49.1. The van der Waals surface area contributed by atoms with E-state index < -0.39 is 188 Å². The van der Waals surface area contributed by atoms with Gasteiger partial charge in [-0.25, -0.2) is 4.79 Å². The molecule has 11 unspecified atom stereocenters. The molecule has 1 aromatic carbocycles. The van der Waals surface area contributed by atoms with Crippen LogP contribution in [0.15, 0.2) is 23.2 Å². The Hall–Kier alpha value is -7.73. The Bertz CT molecular complexity index is 2820. The lowest BCUT2D eigenvalue weighted by molar-refractivity contribution is -0.145. The third-order valence-corrected chi connectivity index (χ3v) is 17.0. The number of hydrogen-bond acceptors (Lipinski definition) is 17. The Balaban J connectivity index is 1.42. The van der Waals surface area contributed by atoms with Gasteiger partial charge in [-0.3, -0.25) is 56.9 Å². The second kappa shape index (κ2) is 33.8. The molecule has 1 saturated heterocycles. The number of H-pyrrole nitrogens is 1. The summed E-state index contributed by atoms with van der Waals surface area (Å²) in [6.07, 6.45) is 0.374. The number of nitrogens with two attached hydrogens (primary N) is 1. The van der Waals surface area contributed by atoms with Crippen LogP contribution in [0.1, 0.15) is 116 Å². The second-order valence-corrected chi connectivity index (χ2v) is 23.6. The molecular formula is C56H84N12O17S. The van der Waals surface area contributed by atoms with Gasteiger partial charge in [0.25, 0.3) is 0 Å². The van der Waals surface area contributed by atoms with E-state index in [-0.39, 0.29) is 45.6 Å². The summed E-state index contributed by atoms with van der Waals surface area (Å²) in [4.78, 5) is 167. The SMILES string of the molecule is CCC(C)C1NC(=O)CNC(=O)C2Cc3c([nH]c4cc(O)ccc34)S(=O)CC(NC(=O)CNC1=O)C(=O)CC(CC(N)=O)C(=O)N1CC(O)CC1C(=O)NC(C(C)C(O)COC(=O)NCCCCCCNC(=O)CCCCCCC(=O)NC)C(=O)N2. The number of aliphatic hydroxyl groups is 2. The van der Waals surface area contributed by atoms with E-state index in [2.05, 4.69) is 52.8 Å². The quantitative estimate of drug-likeness (QED) is 0.0550. The van der Waals surface area contributed by atoms with E-state index in [0.29, 0.717) is 45.1 Å². The summed E-state index contributed by atoms with van der Waals surface area (Å²) in [5.74, 6) is -13.6. The highest BCUT2D eigenvalue weighted by Gasteiger charge is 2.45. The van der Waals surface area contributed by atoms with Gasteiger partial charge in [0, 0.05) is 82.6 Å². The summed E-state index contributed by atoms with van der Waals surface area (Å²) in [7, 11) is -0.804. The lowest BCUT2D eigenvalue weighted by Crippen LogP contribution is -2.61. The number of aromatic amines is 1. The Morgan fingerprint density at radius 1 is 0.779 bits per heavy atom. The van der Waals surface area contributed by atoms with Gasteiger partial charge in [0.15, 0.2) is 5.78 Å². The average Bonchev–Trinajstić information content (AvgIpc) is 1.99. The van der Waals surface area contributed by atoms with Crippen LogP contribution >= 0.6 is 0 Å². The predicted octanol–water partition coefficient (Wildman–Crippen LogP) is -2.33. The maximum Gasteiger partial charge on any atom is 0.407 e. The number of aromatic hydroxyl groups is 1. The monoisotopic (exact) mass is 1230 g/mol. The van der Waals surface area contributed by atoms with Gasteiger partial charge in [0.05, 0.1) is 59.3 Å². The number of nitrogens with zero attached hydrogens (tertiary/aromatic N) is 1. The number of alkyl carbamates (subject to hydrolysis) is 1. The summed E-state index contributed by atoms with van der Waals surface area (Å²) in [5, 5.41) is 56.2. The molecular weight excluding hydrogens is 1140 g/mol. The number of aromatic nitrogens is 1. The van der Waals surface area contributed by atoms with Crippen molar-refractivity contribution in [3.63, 3.8) is 0 Å². The first-order chi connectivity index (χ1) is 40.9. The number of hydrogen-bond donors (Lipinski definition) is 14. The number of primary amides is 1. The van der Waals surface area contributed by atoms with Crippen molar-refractivity contribution in [3.8, 4) is 5.75 Å². The smallest absolute Gasteiger partial charge is 0.407 e. The summed E-state index contributed by atoms with van der Waals surface area (Å²) < 4.78 is 20.2. The molecule has 0 saturated carbocycles. The van der Waals surface area contributed by atoms with Crippen molar-refractivity contribution in [3.05, 3.63) is 23.8 Å². The Morgan fingerprint density at radius 3 is 2.08 bits per heavy atom. The van der Waals surface area contributed by atoms with Crippen LogP contribution in [0, 0.1) is 17.8 Å². The molecule has 0 aliphatic carbocycles.